The van der Waals surface area contributed by atoms with Gasteiger partial charge in [0.2, 0.25) is 5.92 Å². The minimum Gasteiger partial charge on any atom is -0.383 e. The van der Waals surface area contributed by atoms with Gasteiger partial charge >= 0.3 is 0 Å². The van der Waals surface area contributed by atoms with Crippen molar-refractivity contribution in [1.29, 1.82) is 0 Å². The van der Waals surface area contributed by atoms with Crippen LogP contribution in [0.25, 0.3) is 16.8 Å². The van der Waals surface area contributed by atoms with Crippen LogP contribution in [0.4, 0.5) is 8.78 Å². The third kappa shape index (κ3) is 7.75. The number of aromatic nitrogens is 1. The molecule has 1 fully saturated rings. The van der Waals surface area contributed by atoms with E-state index in [-0.39, 0.29) is 20.2 Å². The first-order valence-electron chi connectivity index (χ1n) is 11.7. The van der Waals surface area contributed by atoms with E-state index in [2.05, 4.69) is 54.2 Å². The number of hydrogen-bond donors (Lipinski definition) is 0. The number of rotatable bonds is 7. The summed E-state index contributed by atoms with van der Waals surface area (Å²) >= 11 is 0. The number of alkyl halides is 2. The Labute approximate surface area is 205 Å². The molecule has 0 unspecified atom stereocenters. The van der Waals surface area contributed by atoms with E-state index in [1.54, 1.807) is 0 Å². The zero-order valence-electron chi connectivity index (χ0n) is 21.3. The Morgan fingerprint density at radius 2 is 1.97 bits per heavy atom. The average molecular weight is 468 g/mol. The highest BCUT2D eigenvalue weighted by atomic mass is 19.3. The van der Waals surface area contributed by atoms with Crippen molar-refractivity contribution >= 4 is 11.3 Å². The molecule has 0 radical (unpaired) electrons. The topological polar surface area (TPSA) is 28.5 Å². The molecule has 0 bridgehead atoms. The van der Waals surface area contributed by atoms with Crippen molar-refractivity contribution in [2.24, 2.45) is 10.9 Å². The van der Waals surface area contributed by atoms with Crippen molar-refractivity contribution in [2.45, 2.75) is 46.5 Å². The van der Waals surface area contributed by atoms with Crippen molar-refractivity contribution in [1.82, 2.24) is 9.88 Å². The van der Waals surface area contributed by atoms with Gasteiger partial charge in [-0.05, 0) is 62.1 Å². The second kappa shape index (κ2) is 12.4. The Kier molecular flexibility index (Phi) is 9.91. The van der Waals surface area contributed by atoms with Gasteiger partial charge < -0.3 is 4.90 Å². The van der Waals surface area contributed by atoms with Crippen LogP contribution in [0, 0.1) is 12.8 Å². The molecule has 1 saturated carbocycles. The first-order chi connectivity index (χ1) is 16.1. The Morgan fingerprint density at radius 1 is 1.26 bits per heavy atom. The number of pyridine rings is 1. The van der Waals surface area contributed by atoms with Crippen LogP contribution in [0.15, 0.2) is 72.4 Å². The Balaban J connectivity index is 0.000000656. The molecule has 2 aromatic rings. The van der Waals surface area contributed by atoms with E-state index >= 15 is 0 Å². The van der Waals surface area contributed by atoms with Crippen LogP contribution in [-0.4, -0.2) is 42.2 Å². The van der Waals surface area contributed by atoms with Crippen LogP contribution in [0.2, 0.25) is 0 Å². The van der Waals surface area contributed by atoms with Crippen LogP contribution in [0.1, 0.15) is 51.9 Å². The predicted molar refractivity (Wildman–Crippen MR) is 144 cm³/mol. The molecule has 0 spiro atoms. The number of hydrogen-bond acceptors (Lipinski definition) is 3. The van der Waals surface area contributed by atoms with Gasteiger partial charge in [-0.25, -0.2) is 8.78 Å². The number of aliphatic imine (C=N–C) groups is 1. The van der Waals surface area contributed by atoms with Crippen LogP contribution in [0.3, 0.4) is 0 Å². The van der Waals surface area contributed by atoms with E-state index in [0.717, 1.165) is 45.9 Å². The van der Waals surface area contributed by atoms with E-state index in [1.165, 1.54) is 0 Å². The fourth-order valence-corrected chi connectivity index (χ4v) is 3.89. The van der Waals surface area contributed by atoms with E-state index in [4.69, 9.17) is 4.98 Å². The number of allylic oxidation sites excluding steroid dienone is 4. The zero-order valence-corrected chi connectivity index (χ0v) is 21.3. The largest absolute Gasteiger partial charge is 0.383 e. The molecular formula is C29H39F2N3. The number of halogens is 2. The quantitative estimate of drug-likeness (QED) is 0.307. The third-order valence-corrected chi connectivity index (χ3v) is 5.42. The minimum absolute atomic E-state index is 0. The van der Waals surface area contributed by atoms with Gasteiger partial charge in [0.15, 0.2) is 0 Å². The molecule has 5 heteroatoms. The summed E-state index contributed by atoms with van der Waals surface area (Å²) in [6.07, 6.45) is 8.21. The second-order valence-electron chi connectivity index (χ2n) is 8.89. The summed E-state index contributed by atoms with van der Waals surface area (Å²) in [7, 11) is 4.02. The van der Waals surface area contributed by atoms with Gasteiger partial charge in [-0.2, -0.15) is 0 Å². The lowest BCUT2D eigenvalue weighted by Crippen LogP contribution is -2.33. The Morgan fingerprint density at radius 3 is 2.44 bits per heavy atom. The van der Waals surface area contributed by atoms with E-state index in [0.29, 0.717) is 0 Å². The van der Waals surface area contributed by atoms with E-state index in [1.807, 2.05) is 64.9 Å². The number of aryl methyl sites for hydroxylation is 1. The molecule has 1 aromatic carbocycles. The summed E-state index contributed by atoms with van der Waals surface area (Å²) in [6.45, 7) is 12.6. The molecule has 0 N–H and O–H groups in total. The Bertz CT molecular complexity index is 1060. The molecule has 0 amide bonds. The number of nitrogens with zero attached hydrogens (tertiary/aromatic N) is 3. The molecule has 1 aliphatic rings. The molecule has 184 valence electrons. The molecule has 34 heavy (non-hydrogen) atoms. The van der Waals surface area contributed by atoms with Gasteiger partial charge in [0.05, 0.1) is 11.4 Å². The SMILES string of the molecule is C=C/C(=C\N(C)C)c1cccc(-c2ccc(C(/C=C\C)=NCC)c(C)n2)c1.CC1CC(F)(F)C1.[HH]. The summed E-state index contributed by atoms with van der Waals surface area (Å²) in [5, 5.41) is 0. The molecule has 0 atom stereocenters. The van der Waals surface area contributed by atoms with Gasteiger partial charge in [-0.1, -0.05) is 43.9 Å². The van der Waals surface area contributed by atoms with Gasteiger partial charge in [-0.3, -0.25) is 9.98 Å². The van der Waals surface area contributed by atoms with E-state index in [9.17, 15) is 8.78 Å². The van der Waals surface area contributed by atoms with E-state index < -0.39 is 5.92 Å². The summed E-state index contributed by atoms with van der Waals surface area (Å²) in [4.78, 5) is 11.5. The summed E-state index contributed by atoms with van der Waals surface area (Å²) in [6, 6.07) is 12.6. The third-order valence-electron chi connectivity index (χ3n) is 5.42. The summed E-state index contributed by atoms with van der Waals surface area (Å²) in [5.74, 6) is -2.05. The number of benzene rings is 1. The molecule has 3 nitrogen and oxygen atoms in total. The normalized spacial score (nSPS) is 16.0. The van der Waals surface area contributed by atoms with Gasteiger partial charge in [0.1, 0.15) is 0 Å². The maximum atomic E-state index is 11.8. The van der Waals surface area contributed by atoms with Crippen molar-refractivity contribution in [3.63, 3.8) is 0 Å². The lowest BCUT2D eigenvalue weighted by molar-refractivity contribution is -0.104. The highest BCUT2D eigenvalue weighted by Gasteiger charge is 2.42. The summed E-state index contributed by atoms with van der Waals surface area (Å²) < 4.78 is 23.6. The second-order valence-corrected chi connectivity index (χ2v) is 8.89. The molecule has 3 rings (SSSR count). The zero-order chi connectivity index (χ0) is 25.3. The molecular weight excluding hydrogens is 428 g/mol. The van der Waals surface area contributed by atoms with Crippen molar-refractivity contribution in [3.8, 4) is 11.3 Å². The Hall–Kier alpha value is -3.08. The maximum absolute atomic E-state index is 11.8. The van der Waals surface area contributed by atoms with Crippen LogP contribution >= 0.6 is 0 Å². The fraction of sp³-hybridized carbons (Fsp3) is 0.379. The van der Waals surface area contributed by atoms with Crippen molar-refractivity contribution in [3.05, 3.63) is 84.2 Å². The molecule has 1 heterocycles. The van der Waals surface area contributed by atoms with Gasteiger partial charge in [0.25, 0.3) is 0 Å². The fourth-order valence-electron chi connectivity index (χ4n) is 3.89. The molecule has 0 saturated heterocycles. The minimum atomic E-state index is -2.31. The smallest absolute Gasteiger partial charge is 0.248 e. The van der Waals surface area contributed by atoms with Crippen LogP contribution < -0.4 is 0 Å². The standard InChI is InChI=1S/C24H29N3.C5H8F2.H2/c1-7-11-24(25-9-3)22-14-15-23(26-18(22)4)21-13-10-12-20(16-21)19(8-2)17-27(5)6;1-4-2-5(6,7)3-4;/h7-8,10-17H,2,9H2,1,3-6H3;4H,2-3H2,1H3;1H/b11-7-,19-17+,25-24?;;. The van der Waals surface area contributed by atoms with Gasteiger partial charge in [0, 0.05) is 57.9 Å². The monoisotopic (exact) mass is 467 g/mol. The first-order valence-corrected chi connectivity index (χ1v) is 11.7. The molecule has 1 aromatic heterocycles. The van der Waals surface area contributed by atoms with Crippen LogP contribution in [0.5, 0.6) is 0 Å². The molecule has 1 aliphatic carbocycles. The van der Waals surface area contributed by atoms with Crippen molar-refractivity contribution in [2.75, 3.05) is 20.6 Å². The lowest BCUT2D eigenvalue weighted by Gasteiger charge is -2.31. The highest BCUT2D eigenvalue weighted by molar-refractivity contribution is 6.09. The highest BCUT2D eigenvalue weighted by Crippen LogP contribution is 2.41. The van der Waals surface area contributed by atoms with Crippen molar-refractivity contribution < 1.29 is 10.2 Å². The van der Waals surface area contributed by atoms with Gasteiger partial charge in [-0.15, -0.1) is 0 Å². The van der Waals surface area contributed by atoms with Crippen LogP contribution in [-0.2, 0) is 0 Å². The maximum Gasteiger partial charge on any atom is 0.248 e. The first kappa shape index (κ1) is 27.2. The molecule has 0 aliphatic heterocycles. The lowest BCUT2D eigenvalue weighted by atomic mass is 9.83. The average Bonchev–Trinajstić information content (AvgIpc) is 2.76. The predicted octanol–water partition coefficient (Wildman–Crippen LogP) is 7.83. The summed E-state index contributed by atoms with van der Waals surface area (Å²) in [5.41, 5.74) is 7.30.